The normalized spacial score (nSPS) is 25.8. The molecule has 0 aromatic carbocycles. The van der Waals surface area contributed by atoms with Crippen molar-refractivity contribution in [2.75, 3.05) is 26.7 Å². The van der Waals surface area contributed by atoms with Crippen LogP contribution in [0.5, 0.6) is 0 Å². The summed E-state index contributed by atoms with van der Waals surface area (Å²) in [4.78, 5) is 13.6. The molecule has 0 aromatic heterocycles. The summed E-state index contributed by atoms with van der Waals surface area (Å²) in [5, 5.41) is 0. The van der Waals surface area contributed by atoms with Crippen molar-refractivity contribution in [3.05, 3.63) is 0 Å². The van der Waals surface area contributed by atoms with Crippen molar-refractivity contribution >= 4 is 5.97 Å². The van der Waals surface area contributed by atoms with Gasteiger partial charge in [0, 0.05) is 13.1 Å². The molecule has 0 N–H and O–H groups in total. The Balaban J connectivity index is 2.32. The highest BCUT2D eigenvalue weighted by Crippen LogP contribution is 2.16. The number of carbonyl (C=O) groups excluding carboxylic acids is 1. The minimum absolute atomic E-state index is 0.00491. The van der Waals surface area contributed by atoms with E-state index in [-0.39, 0.29) is 11.9 Å². The zero-order chi connectivity index (χ0) is 10.6. The van der Waals surface area contributed by atoms with E-state index in [2.05, 4.69) is 11.8 Å². The van der Waals surface area contributed by atoms with Crippen molar-refractivity contribution in [3.8, 4) is 0 Å². The maximum Gasteiger partial charge on any atom is 0.309 e. The number of ether oxygens (including phenoxy) is 1. The molecule has 1 aliphatic rings. The van der Waals surface area contributed by atoms with Gasteiger partial charge in [-0.2, -0.15) is 0 Å². The van der Waals surface area contributed by atoms with Gasteiger partial charge in [0.15, 0.2) is 0 Å². The van der Waals surface area contributed by atoms with Gasteiger partial charge in [-0.1, -0.05) is 13.8 Å². The molecule has 1 saturated heterocycles. The largest absolute Gasteiger partial charge is 0.469 e. The molecular formula is C11H21NO2. The SMILES string of the molecule is COC(=O)[C@@H](C)CN1CCC[C@H](C)C1. The molecule has 0 amide bonds. The van der Waals surface area contributed by atoms with E-state index in [0.717, 1.165) is 25.6 Å². The quantitative estimate of drug-likeness (QED) is 0.646. The predicted molar refractivity (Wildman–Crippen MR) is 56.0 cm³/mol. The van der Waals surface area contributed by atoms with Crippen LogP contribution in [0.1, 0.15) is 26.7 Å². The number of rotatable bonds is 3. The van der Waals surface area contributed by atoms with E-state index >= 15 is 0 Å². The van der Waals surface area contributed by atoms with Gasteiger partial charge in [-0.05, 0) is 25.3 Å². The predicted octanol–water partition coefficient (Wildman–Crippen LogP) is 1.53. The molecule has 1 fully saturated rings. The third-order valence-electron chi connectivity index (χ3n) is 2.88. The molecule has 14 heavy (non-hydrogen) atoms. The van der Waals surface area contributed by atoms with Gasteiger partial charge in [0.1, 0.15) is 0 Å². The number of hydrogen-bond acceptors (Lipinski definition) is 3. The summed E-state index contributed by atoms with van der Waals surface area (Å²) in [5.41, 5.74) is 0. The molecule has 1 heterocycles. The van der Waals surface area contributed by atoms with Gasteiger partial charge in [0.05, 0.1) is 13.0 Å². The molecule has 0 spiro atoms. The van der Waals surface area contributed by atoms with Gasteiger partial charge < -0.3 is 9.64 Å². The van der Waals surface area contributed by atoms with Crippen LogP contribution in [0, 0.1) is 11.8 Å². The Morgan fingerprint density at radius 1 is 1.64 bits per heavy atom. The first-order valence-electron chi connectivity index (χ1n) is 5.43. The molecule has 1 rings (SSSR count). The fourth-order valence-corrected chi connectivity index (χ4v) is 2.12. The second-order valence-electron chi connectivity index (χ2n) is 4.43. The van der Waals surface area contributed by atoms with Crippen LogP contribution >= 0.6 is 0 Å². The fraction of sp³-hybridized carbons (Fsp3) is 0.909. The summed E-state index contributed by atoms with van der Waals surface area (Å²) in [6.45, 7) is 7.31. The average Bonchev–Trinajstić information content (AvgIpc) is 2.16. The van der Waals surface area contributed by atoms with Gasteiger partial charge in [0.25, 0.3) is 0 Å². The number of hydrogen-bond donors (Lipinski definition) is 0. The summed E-state index contributed by atoms with van der Waals surface area (Å²) in [6, 6.07) is 0. The molecule has 0 unspecified atom stereocenters. The Kier molecular flexibility index (Phi) is 4.39. The van der Waals surface area contributed by atoms with Crippen LogP contribution in [0.15, 0.2) is 0 Å². The smallest absolute Gasteiger partial charge is 0.309 e. The van der Waals surface area contributed by atoms with Crippen molar-refractivity contribution in [1.29, 1.82) is 0 Å². The van der Waals surface area contributed by atoms with Crippen LogP contribution < -0.4 is 0 Å². The molecule has 82 valence electrons. The van der Waals surface area contributed by atoms with Crippen LogP contribution in [-0.4, -0.2) is 37.6 Å². The highest BCUT2D eigenvalue weighted by atomic mass is 16.5. The molecule has 1 aliphatic heterocycles. The summed E-state index contributed by atoms with van der Waals surface area (Å²) >= 11 is 0. The molecule has 0 radical (unpaired) electrons. The third kappa shape index (κ3) is 3.29. The lowest BCUT2D eigenvalue weighted by Gasteiger charge is -2.32. The molecule has 0 aromatic rings. The molecule has 2 atom stereocenters. The molecule has 3 heteroatoms. The first kappa shape index (κ1) is 11.5. The fourth-order valence-electron chi connectivity index (χ4n) is 2.12. The minimum atomic E-state index is -0.0942. The zero-order valence-corrected chi connectivity index (χ0v) is 9.45. The number of piperidine rings is 1. The second kappa shape index (κ2) is 5.35. The molecule has 0 bridgehead atoms. The Morgan fingerprint density at radius 3 is 2.93 bits per heavy atom. The number of methoxy groups -OCH3 is 1. The van der Waals surface area contributed by atoms with Crippen molar-refractivity contribution in [2.24, 2.45) is 11.8 Å². The van der Waals surface area contributed by atoms with Crippen LogP contribution in [0.25, 0.3) is 0 Å². The first-order valence-corrected chi connectivity index (χ1v) is 5.43. The standard InChI is InChI=1S/C11H21NO2/c1-9-5-4-6-12(7-9)8-10(2)11(13)14-3/h9-10H,4-8H2,1-3H3/t9-,10-/m0/s1. The van der Waals surface area contributed by atoms with E-state index in [1.165, 1.54) is 20.0 Å². The van der Waals surface area contributed by atoms with Crippen molar-refractivity contribution < 1.29 is 9.53 Å². The van der Waals surface area contributed by atoms with E-state index in [1.54, 1.807) is 0 Å². The summed E-state index contributed by atoms with van der Waals surface area (Å²) in [7, 11) is 1.46. The van der Waals surface area contributed by atoms with Crippen LogP contribution in [0.4, 0.5) is 0 Å². The number of likely N-dealkylation sites (tertiary alicyclic amines) is 1. The average molecular weight is 199 g/mol. The lowest BCUT2D eigenvalue weighted by Crippen LogP contribution is -2.39. The van der Waals surface area contributed by atoms with Crippen molar-refractivity contribution in [3.63, 3.8) is 0 Å². The van der Waals surface area contributed by atoms with Crippen LogP contribution in [0.2, 0.25) is 0 Å². The maximum absolute atomic E-state index is 11.2. The van der Waals surface area contributed by atoms with E-state index in [9.17, 15) is 4.79 Å². The maximum atomic E-state index is 11.2. The Bertz CT molecular complexity index is 194. The first-order chi connectivity index (χ1) is 6.63. The highest BCUT2D eigenvalue weighted by molar-refractivity contribution is 5.72. The van der Waals surface area contributed by atoms with E-state index in [0.29, 0.717) is 0 Å². The summed E-state index contributed by atoms with van der Waals surface area (Å²) < 4.78 is 4.71. The Morgan fingerprint density at radius 2 is 2.36 bits per heavy atom. The van der Waals surface area contributed by atoms with Crippen LogP contribution in [0.3, 0.4) is 0 Å². The summed E-state index contributed by atoms with van der Waals surface area (Å²) in [6.07, 6.45) is 2.58. The molecule has 3 nitrogen and oxygen atoms in total. The molecule has 0 aliphatic carbocycles. The highest BCUT2D eigenvalue weighted by Gasteiger charge is 2.21. The summed E-state index contributed by atoms with van der Waals surface area (Å²) in [5.74, 6) is 0.683. The lowest BCUT2D eigenvalue weighted by atomic mass is 9.99. The van der Waals surface area contributed by atoms with Crippen molar-refractivity contribution in [2.45, 2.75) is 26.7 Å². The van der Waals surface area contributed by atoms with E-state index in [1.807, 2.05) is 6.92 Å². The number of esters is 1. The Hall–Kier alpha value is -0.570. The monoisotopic (exact) mass is 199 g/mol. The van der Waals surface area contributed by atoms with Gasteiger partial charge in [-0.15, -0.1) is 0 Å². The topological polar surface area (TPSA) is 29.5 Å². The molecular weight excluding hydrogens is 178 g/mol. The zero-order valence-electron chi connectivity index (χ0n) is 9.45. The van der Waals surface area contributed by atoms with Gasteiger partial charge in [-0.25, -0.2) is 0 Å². The lowest BCUT2D eigenvalue weighted by molar-refractivity contribution is -0.145. The van der Waals surface area contributed by atoms with E-state index < -0.39 is 0 Å². The third-order valence-corrected chi connectivity index (χ3v) is 2.88. The van der Waals surface area contributed by atoms with Gasteiger partial charge in [-0.3, -0.25) is 4.79 Å². The van der Waals surface area contributed by atoms with Crippen LogP contribution in [-0.2, 0) is 9.53 Å². The molecule has 0 saturated carbocycles. The number of carbonyl (C=O) groups is 1. The van der Waals surface area contributed by atoms with Gasteiger partial charge >= 0.3 is 5.97 Å². The second-order valence-corrected chi connectivity index (χ2v) is 4.43. The van der Waals surface area contributed by atoms with E-state index in [4.69, 9.17) is 4.74 Å². The minimum Gasteiger partial charge on any atom is -0.469 e. The van der Waals surface area contributed by atoms with Crippen molar-refractivity contribution in [1.82, 2.24) is 4.90 Å². The Labute approximate surface area is 86.4 Å². The van der Waals surface area contributed by atoms with Gasteiger partial charge in [0.2, 0.25) is 0 Å². The number of nitrogens with zero attached hydrogens (tertiary/aromatic N) is 1.